The summed E-state index contributed by atoms with van der Waals surface area (Å²) in [7, 11) is 1.48. The standard InChI is InChI=1S/C26H25FN4O5/c1-14(35-18-8-5-16(6-9-18)22(32)15-3-4-15)25-29-23(30-36-25)17-7-10-19(20(27)13-17)26(34)31(2)21-11-12-28-24(21)33/h5-10,13-15,21H,3-4,11-12H2,1-2H3,(H,28,33). The average molecular weight is 493 g/mol. The highest BCUT2D eigenvalue weighted by atomic mass is 19.1. The fraction of sp³-hybridized carbons (Fsp3) is 0.346. The lowest BCUT2D eigenvalue weighted by Crippen LogP contribution is -2.42. The SMILES string of the molecule is CC(Oc1ccc(C(=O)C2CC2)cc1)c1nc(-c2ccc(C(=O)N(C)C3CCNC3=O)c(F)c2)no1. The molecule has 5 rings (SSSR count). The van der Waals surface area contributed by atoms with Crippen LogP contribution in [0.25, 0.3) is 11.4 Å². The van der Waals surface area contributed by atoms with Crippen LogP contribution >= 0.6 is 0 Å². The van der Waals surface area contributed by atoms with E-state index in [9.17, 15) is 18.8 Å². The van der Waals surface area contributed by atoms with Crippen LogP contribution in [0, 0.1) is 11.7 Å². The minimum absolute atomic E-state index is 0.146. The van der Waals surface area contributed by atoms with E-state index in [1.807, 2.05) is 0 Å². The molecule has 1 saturated carbocycles. The molecule has 1 aliphatic carbocycles. The molecular weight excluding hydrogens is 467 g/mol. The van der Waals surface area contributed by atoms with Crippen LogP contribution < -0.4 is 10.1 Å². The number of amides is 2. The average Bonchev–Trinajstić information content (AvgIpc) is 3.44. The first-order chi connectivity index (χ1) is 17.3. The van der Waals surface area contributed by atoms with E-state index >= 15 is 0 Å². The summed E-state index contributed by atoms with van der Waals surface area (Å²) in [4.78, 5) is 42.3. The van der Waals surface area contributed by atoms with E-state index < -0.39 is 23.9 Å². The largest absolute Gasteiger partial charge is 0.481 e. The van der Waals surface area contributed by atoms with Gasteiger partial charge in [0.15, 0.2) is 11.9 Å². The first kappa shape index (κ1) is 23.7. The van der Waals surface area contributed by atoms with E-state index in [2.05, 4.69) is 15.5 Å². The van der Waals surface area contributed by atoms with E-state index in [4.69, 9.17) is 9.26 Å². The molecule has 2 unspecified atom stereocenters. The van der Waals surface area contributed by atoms with Crippen molar-refractivity contribution in [3.05, 3.63) is 65.3 Å². The fourth-order valence-electron chi connectivity index (χ4n) is 4.16. The second-order valence-corrected chi connectivity index (χ2v) is 9.09. The van der Waals surface area contributed by atoms with Gasteiger partial charge in [-0.25, -0.2) is 4.39 Å². The molecule has 0 spiro atoms. The van der Waals surface area contributed by atoms with Crippen molar-refractivity contribution < 1.29 is 28.0 Å². The molecular formula is C26H25FN4O5. The predicted molar refractivity (Wildman–Crippen MR) is 126 cm³/mol. The van der Waals surface area contributed by atoms with E-state index in [-0.39, 0.29) is 34.9 Å². The normalized spacial score (nSPS) is 18.0. The molecule has 0 bridgehead atoms. The topological polar surface area (TPSA) is 115 Å². The first-order valence-electron chi connectivity index (χ1n) is 11.8. The molecule has 36 heavy (non-hydrogen) atoms. The highest BCUT2D eigenvalue weighted by molar-refractivity contribution is 5.99. The van der Waals surface area contributed by atoms with Gasteiger partial charge in [-0.15, -0.1) is 0 Å². The highest BCUT2D eigenvalue weighted by Gasteiger charge is 2.32. The summed E-state index contributed by atoms with van der Waals surface area (Å²) in [5, 5.41) is 6.58. The maximum absolute atomic E-state index is 14.8. The summed E-state index contributed by atoms with van der Waals surface area (Å²) in [6, 6.07) is 10.3. The molecule has 0 radical (unpaired) electrons. The second-order valence-electron chi connectivity index (χ2n) is 9.09. The molecule has 2 heterocycles. The molecule has 2 aromatic carbocycles. The lowest BCUT2D eigenvalue weighted by Gasteiger charge is -2.22. The van der Waals surface area contributed by atoms with Gasteiger partial charge in [0.05, 0.1) is 5.56 Å². The fourth-order valence-corrected chi connectivity index (χ4v) is 4.16. The third-order valence-corrected chi connectivity index (χ3v) is 6.45. The van der Waals surface area contributed by atoms with Crippen LogP contribution in [0.4, 0.5) is 4.39 Å². The number of nitrogens with zero attached hydrogens (tertiary/aromatic N) is 3. The Balaban J connectivity index is 1.25. The van der Waals surface area contributed by atoms with E-state index in [0.29, 0.717) is 29.8 Å². The van der Waals surface area contributed by atoms with E-state index in [1.165, 1.54) is 24.1 Å². The minimum Gasteiger partial charge on any atom is -0.481 e. The monoisotopic (exact) mass is 492 g/mol. The highest BCUT2D eigenvalue weighted by Crippen LogP contribution is 2.33. The van der Waals surface area contributed by atoms with Gasteiger partial charge in [0.2, 0.25) is 11.7 Å². The Bertz CT molecular complexity index is 1320. The van der Waals surface area contributed by atoms with Crippen LogP contribution in [0.15, 0.2) is 47.0 Å². The van der Waals surface area contributed by atoms with Gasteiger partial charge in [-0.3, -0.25) is 14.4 Å². The second kappa shape index (κ2) is 9.52. The lowest BCUT2D eigenvalue weighted by atomic mass is 10.1. The third-order valence-electron chi connectivity index (χ3n) is 6.45. The number of aromatic nitrogens is 2. The number of Topliss-reactive ketones (excluding diaryl/α,β-unsaturated/α-hetero) is 1. The summed E-state index contributed by atoms with van der Waals surface area (Å²) >= 11 is 0. The van der Waals surface area contributed by atoms with Crippen molar-refractivity contribution in [3.63, 3.8) is 0 Å². The zero-order valence-corrected chi connectivity index (χ0v) is 19.9. The maximum atomic E-state index is 14.8. The van der Waals surface area contributed by atoms with Gasteiger partial charge in [-0.1, -0.05) is 11.2 Å². The Morgan fingerprint density at radius 3 is 2.56 bits per heavy atom. The van der Waals surface area contributed by atoms with Gasteiger partial charge in [0.25, 0.3) is 11.8 Å². The Morgan fingerprint density at radius 2 is 1.92 bits per heavy atom. The number of nitrogens with one attached hydrogen (secondary N) is 1. The Kier molecular flexibility index (Phi) is 6.26. The smallest absolute Gasteiger partial charge is 0.267 e. The summed E-state index contributed by atoms with van der Waals surface area (Å²) in [6.45, 7) is 2.22. The number of likely N-dealkylation sites (N-methyl/N-ethyl adjacent to an activating group) is 1. The maximum Gasteiger partial charge on any atom is 0.267 e. The summed E-state index contributed by atoms with van der Waals surface area (Å²) in [6.07, 6.45) is 1.79. The Hall–Kier alpha value is -4.08. The number of hydrogen-bond donors (Lipinski definition) is 1. The van der Waals surface area contributed by atoms with Crippen molar-refractivity contribution in [2.24, 2.45) is 5.92 Å². The minimum atomic E-state index is -0.751. The zero-order chi connectivity index (χ0) is 25.4. The lowest BCUT2D eigenvalue weighted by molar-refractivity contribution is -0.122. The molecule has 9 nitrogen and oxygen atoms in total. The van der Waals surface area contributed by atoms with Crippen molar-refractivity contribution in [2.75, 3.05) is 13.6 Å². The number of ether oxygens (including phenoxy) is 1. The molecule has 2 fully saturated rings. The van der Waals surface area contributed by atoms with E-state index in [0.717, 1.165) is 18.9 Å². The molecule has 10 heteroatoms. The number of carbonyl (C=O) groups excluding carboxylic acids is 3. The number of hydrogen-bond acceptors (Lipinski definition) is 7. The van der Waals surface area contributed by atoms with Crippen LogP contribution in [-0.4, -0.2) is 52.3 Å². The Labute approximate surface area is 206 Å². The molecule has 2 atom stereocenters. The number of rotatable bonds is 8. The summed E-state index contributed by atoms with van der Waals surface area (Å²) in [5.41, 5.74) is 0.847. The van der Waals surface area contributed by atoms with Gasteiger partial charge >= 0.3 is 0 Å². The zero-order valence-electron chi connectivity index (χ0n) is 19.9. The van der Waals surface area contributed by atoms with Crippen molar-refractivity contribution >= 4 is 17.6 Å². The van der Waals surface area contributed by atoms with Gasteiger partial charge in [0.1, 0.15) is 17.6 Å². The van der Waals surface area contributed by atoms with Crippen LogP contribution in [0.3, 0.4) is 0 Å². The molecule has 2 aliphatic rings. The van der Waals surface area contributed by atoms with Crippen LogP contribution in [0.5, 0.6) is 5.75 Å². The van der Waals surface area contributed by atoms with Gasteiger partial charge in [-0.05, 0) is 62.6 Å². The number of carbonyl (C=O) groups is 3. The molecule has 1 saturated heterocycles. The van der Waals surface area contributed by atoms with Crippen molar-refractivity contribution in [3.8, 4) is 17.1 Å². The molecule has 3 aromatic rings. The van der Waals surface area contributed by atoms with Crippen molar-refractivity contribution in [1.29, 1.82) is 0 Å². The van der Waals surface area contributed by atoms with Gasteiger partial charge in [0, 0.05) is 30.6 Å². The van der Waals surface area contributed by atoms with E-state index in [1.54, 1.807) is 31.2 Å². The van der Waals surface area contributed by atoms with Crippen molar-refractivity contribution in [1.82, 2.24) is 20.4 Å². The number of ketones is 1. The number of benzene rings is 2. The molecule has 186 valence electrons. The summed E-state index contributed by atoms with van der Waals surface area (Å²) < 4.78 is 26.0. The molecule has 1 aliphatic heterocycles. The molecule has 2 amide bonds. The van der Waals surface area contributed by atoms with Gasteiger partial charge < -0.3 is 19.5 Å². The van der Waals surface area contributed by atoms with Gasteiger partial charge in [-0.2, -0.15) is 4.98 Å². The summed E-state index contributed by atoms with van der Waals surface area (Å²) in [5.74, 6) is -0.389. The Morgan fingerprint density at radius 1 is 1.17 bits per heavy atom. The molecule has 1 aromatic heterocycles. The quantitative estimate of drug-likeness (QED) is 0.478. The first-order valence-corrected chi connectivity index (χ1v) is 11.8. The van der Waals surface area contributed by atoms with Crippen molar-refractivity contribution in [2.45, 2.75) is 38.3 Å². The molecule has 1 N–H and O–H groups in total. The number of halogens is 1. The van der Waals surface area contributed by atoms with Crippen LogP contribution in [0.2, 0.25) is 0 Å². The third kappa shape index (κ3) is 4.71. The predicted octanol–water partition coefficient (Wildman–Crippen LogP) is 3.57. The van der Waals surface area contributed by atoms with Crippen LogP contribution in [-0.2, 0) is 4.79 Å². The van der Waals surface area contributed by atoms with Crippen LogP contribution in [0.1, 0.15) is 58.9 Å².